The molecule has 1 aromatic heterocycles. The van der Waals surface area contributed by atoms with Crippen LogP contribution in [0.1, 0.15) is 5.56 Å². The van der Waals surface area contributed by atoms with Crippen LogP contribution >= 0.6 is 24.0 Å². The summed E-state index contributed by atoms with van der Waals surface area (Å²) in [6.07, 6.45) is 1.67. The van der Waals surface area contributed by atoms with E-state index in [1.165, 1.54) is 0 Å². The van der Waals surface area contributed by atoms with Gasteiger partial charge in [-0.05, 0) is 36.4 Å². The van der Waals surface area contributed by atoms with Gasteiger partial charge < -0.3 is 5.73 Å². The lowest BCUT2D eigenvalue weighted by Gasteiger charge is -2.00. The van der Waals surface area contributed by atoms with Gasteiger partial charge >= 0.3 is 0 Å². The fourth-order valence-electron chi connectivity index (χ4n) is 1.23. The van der Waals surface area contributed by atoms with Crippen molar-refractivity contribution in [3.63, 3.8) is 0 Å². The Morgan fingerprint density at radius 3 is 2.41 bits per heavy atom. The third-order valence-electron chi connectivity index (χ3n) is 2.02. The van der Waals surface area contributed by atoms with Gasteiger partial charge in [-0.2, -0.15) is 0 Å². The van der Waals surface area contributed by atoms with Gasteiger partial charge in [-0.3, -0.25) is 0 Å². The summed E-state index contributed by atoms with van der Waals surface area (Å²) in [5, 5.41) is 0.675. The van der Waals surface area contributed by atoms with Crippen LogP contribution in [0.3, 0.4) is 0 Å². The molecule has 0 spiro atoms. The highest BCUT2D eigenvalue weighted by Gasteiger charge is 1.98. The summed E-state index contributed by atoms with van der Waals surface area (Å²) in [5.41, 5.74) is 6.67. The molecule has 0 atom stereocenters. The Labute approximate surface area is 111 Å². The van der Waals surface area contributed by atoms with Crippen molar-refractivity contribution in [3.05, 3.63) is 59.2 Å². The van der Waals surface area contributed by atoms with Gasteiger partial charge in [0.2, 0.25) is 0 Å². The third-order valence-corrected chi connectivity index (χ3v) is 2.28. The molecule has 0 aliphatic heterocycles. The zero-order chi connectivity index (χ0) is 11.4. The van der Waals surface area contributed by atoms with E-state index in [2.05, 4.69) is 9.98 Å². The van der Waals surface area contributed by atoms with E-state index in [0.29, 0.717) is 16.7 Å². The summed E-state index contributed by atoms with van der Waals surface area (Å²) in [7, 11) is 0. The van der Waals surface area contributed by atoms with E-state index in [1.54, 1.807) is 24.4 Å². The molecule has 0 aliphatic rings. The van der Waals surface area contributed by atoms with E-state index in [9.17, 15) is 0 Å². The minimum atomic E-state index is 0. The molecule has 88 valence electrons. The first-order chi connectivity index (χ1) is 7.75. The molecule has 17 heavy (non-hydrogen) atoms. The summed E-state index contributed by atoms with van der Waals surface area (Å²) in [4.78, 5) is 8.27. The first-order valence-electron chi connectivity index (χ1n) is 4.77. The lowest BCUT2D eigenvalue weighted by molar-refractivity contribution is 1.26. The topological polar surface area (TPSA) is 51.3 Å². The minimum Gasteiger partial charge on any atom is -0.383 e. The van der Waals surface area contributed by atoms with Crippen LogP contribution in [0.5, 0.6) is 0 Å². The van der Waals surface area contributed by atoms with Crippen LogP contribution in [0.2, 0.25) is 5.02 Å². The highest BCUT2D eigenvalue weighted by Crippen LogP contribution is 2.11. The van der Waals surface area contributed by atoms with Crippen LogP contribution in [-0.2, 0) is 0 Å². The normalized spacial score (nSPS) is 10.8. The molecule has 2 rings (SSSR count). The predicted octanol–water partition coefficient (Wildman–Crippen LogP) is 3.19. The number of aromatic nitrogens is 1. The van der Waals surface area contributed by atoms with Crippen LogP contribution in [0.25, 0.3) is 0 Å². The molecule has 1 heterocycles. The van der Waals surface area contributed by atoms with E-state index < -0.39 is 0 Å². The van der Waals surface area contributed by atoms with Crippen molar-refractivity contribution in [1.82, 2.24) is 4.98 Å². The van der Waals surface area contributed by atoms with Crippen molar-refractivity contribution in [2.45, 2.75) is 0 Å². The quantitative estimate of drug-likeness (QED) is 0.671. The van der Waals surface area contributed by atoms with E-state index in [1.807, 2.05) is 24.3 Å². The van der Waals surface area contributed by atoms with Crippen LogP contribution in [0, 0.1) is 0 Å². The fraction of sp³-hybridized carbons (Fsp3) is 0. The van der Waals surface area contributed by atoms with Crippen molar-refractivity contribution in [1.29, 1.82) is 0 Å². The Hall–Kier alpha value is -1.58. The maximum atomic E-state index is 5.84. The smallest absolute Gasteiger partial charge is 0.154 e. The average Bonchev–Trinajstić information content (AvgIpc) is 2.31. The second kappa shape index (κ2) is 6.23. The number of aliphatic imine (C=N–C) groups is 1. The molecule has 2 N–H and O–H groups in total. The van der Waals surface area contributed by atoms with Crippen molar-refractivity contribution in [2.75, 3.05) is 0 Å². The number of amidine groups is 1. The first-order valence-corrected chi connectivity index (χ1v) is 5.14. The van der Waals surface area contributed by atoms with E-state index >= 15 is 0 Å². The molecule has 0 saturated carbocycles. The molecule has 0 fully saturated rings. The maximum Gasteiger partial charge on any atom is 0.154 e. The molecule has 1 aromatic carbocycles. The van der Waals surface area contributed by atoms with Crippen LogP contribution in [-0.4, -0.2) is 10.8 Å². The van der Waals surface area contributed by atoms with Crippen molar-refractivity contribution in [3.8, 4) is 0 Å². The summed E-state index contributed by atoms with van der Waals surface area (Å²) in [6, 6.07) is 12.7. The lowest BCUT2D eigenvalue weighted by atomic mass is 10.2. The number of hydrogen-bond acceptors (Lipinski definition) is 2. The largest absolute Gasteiger partial charge is 0.383 e. The van der Waals surface area contributed by atoms with Crippen molar-refractivity contribution in [2.24, 2.45) is 10.7 Å². The van der Waals surface area contributed by atoms with Gasteiger partial charge in [-0.15, -0.1) is 12.4 Å². The monoisotopic (exact) mass is 267 g/mol. The van der Waals surface area contributed by atoms with Gasteiger partial charge in [-0.1, -0.05) is 17.7 Å². The molecular weight excluding hydrogens is 257 g/mol. The molecule has 2 aromatic rings. The summed E-state index contributed by atoms with van der Waals surface area (Å²) >= 11 is 5.78. The Bertz CT molecular complexity index is 495. The third kappa shape index (κ3) is 3.73. The number of nitrogens with two attached hydrogens (primary N) is 1. The van der Waals surface area contributed by atoms with Crippen molar-refractivity contribution < 1.29 is 0 Å². The average molecular weight is 268 g/mol. The van der Waals surface area contributed by atoms with Crippen LogP contribution in [0.15, 0.2) is 53.7 Å². The zero-order valence-corrected chi connectivity index (χ0v) is 10.4. The number of halogens is 2. The Kier molecular flexibility index (Phi) is 4.94. The molecular formula is C12H11Cl2N3. The molecule has 0 bridgehead atoms. The van der Waals surface area contributed by atoms with Gasteiger partial charge in [0.05, 0.1) is 0 Å². The van der Waals surface area contributed by atoms with E-state index in [-0.39, 0.29) is 12.4 Å². The van der Waals surface area contributed by atoms with Crippen LogP contribution < -0.4 is 5.73 Å². The summed E-state index contributed by atoms with van der Waals surface area (Å²) < 4.78 is 0. The number of hydrogen-bond donors (Lipinski definition) is 1. The van der Waals surface area contributed by atoms with E-state index in [4.69, 9.17) is 17.3 Å². The number of nitrogens with zero attached hydrogens (tertiary/aromatic N) is 2. The maximum absolute atomic E-state index is 5.84. The molecule has 5 heteroatoms. The highest BCUT2D eigenvalue weighted by molar-refractivity contribution is 6.30. The Morgan fingerprint density at radius 1 is 1.12 bits per heavy atom. The van der Waals surface area contributed by atoms with E-state index in [0.717, 1.165) is 5.56 Å². The lowest BCUT2D eigenvalue weighted by Crippen LogP contribution is -2.12. The minimum absolute atomic E-state index is 0. The number of rotatable bonds is 2. The predicted molar refractivity (Wildman–Crippen MR) is 73.3 cm³/mol. The summed E-state index contributed by atoms with van der Waals surface area (Å²) in [6.45, 7) is 0. The van der Waals surface area contributed by atoms with Gasteiger partial charge in [-0.25, -0.2) is 9.98 Å². The summed E-state index contributed by atoms with van der Waals surface area (Å²) in [5.74, 6) is 1.02. The highest BCUT2D eigenvalue weighted by atomic mass is 35.5. The number of pyridine rings is 1. The zero-order valence-electron chi connectivity index (χ0n) is 8.88. The fourth-order valence-corrected chi connectivity index (χ4v) is 1.35. The molecule has 0 unspecified atom stereocenters. The molecule has 0 radical (unpaired) electrons. The second-order valence-electron chi connectivity index (χ2n) is 3.19. The van der Waals surface area contributed by atoms with Crippen molar-refractivity contribution >= 4 is 35.7 Å². The number of benzene rings is 1. The molecule has 0 aliphatic carbocycles. The SMILES string of the molecule is Cl.N/C(=N\c1ccccn1)c1ccc(Cl)cc1. The van der Waals surface area contributed by atoms with Gasteiger partial charge in [0.25, 0.3) is 0 Å². The van der Waals surface area contributed by atoms with Gasteiger partial charge in [0.15, 0.2) is 5.82 Å². The molecule has 3 nitrogen and oxygen atoms in total. The van der Waals surface area contributed by atoms with Gasteiger partial charge in [0, 0.05) is 16.8 Å². The first kappa shape index (κ1) is 13.5. The van der Waals surface area contributed by atoms with Gasteiger partial charge in [0.1, 0.15) is 5.84 Å². The molecule has 0 amide bonds. The Balaban J connectivity index is 0.00000144. The Morgan fingerprint density at radius 2 is 1.82 bits per heavy atom. The molecule has 0 saturated heterocycles. The van der Waals surface area contributed by atoms with Crippen LogP contribution in [0.4, 0.5) is 5.82 Å². The second-order valence-corrected chi connectivity index (χ2v) is 3.63. The standard InChI is InChI=1S/C12H10ClN3.ClH/c13-10-6-4-9(5-7-10)12(14)16-11-3-1-2-8-15-11;/h1-8H,(H2,14,15,16);1H.